The number of halogens is 1. The first-order valence-electron chi connectivity index (χ1n) is 5.95. The zero-order valence-electron chi connectivity index (χ0n) is 10.2. The third-order valence-corrected chi connectivity index (χ3v) is 3.30. The molecule has 0 saturated heterocycles. The number of rotatable bonds is 2. The molecule has 0 aliphatic rings. The lowest BCUT2D eigenvalue weighted by molar-refractivity contribution is 0.655. The van der Waals surface area contributed by atoms with Crippen molar-refractivity contribution in [2.75, 3.05) is 0 Å². The molecule has 0 spiro atoms. The van der Waals surface area contributed by atoms with Gasteiger partial charge in [0.05, 0.1) is 10.8 Å². The van der Waals surface area contributed by atoms with Crippen LogP contribution in [0, 0.1) is 0 Å². The minimum absolute atomic E-state index is 0.0512. The van der Waals surface area contributed by atoms with Crippen LogP contribution in [0.4, 0.5) is 0 Å². The van der Waals surface area contributed by atoms with Crippen molar-refractivity contribution in [2.45, 2.75) is 6.42 Å². The summed E-state index contributed by atoms with van der Waals surface area (Å²) in [7, 11) is 0. The number of benzene rings is 2. The van der Waals surface area contributed by atoms with E-state index >= 15 is 0 Å². The molecular formula is C16H11ClO2. The molecule has 0 amide bonds. The first-order chi connectivity index (χ1) is 9.20. The van der Waals surface area contributed by atoms with E-state index in [2.05, 4.69) is 6.58 Å². The van der Waals surface area contributed by atoms with Crippen LogP contribution in [0.15, 0.2) is 58.3 Å². The third kappa shape index (κ3) is 1.94. The highest BCUT2D eigenvalue weighted by Crippen LogP contribution is 2.26. The van der Waals surface area contributed by atoms with Gasteiger partial charge in [0.25, 0.3) is 0 Å². The van der Waals surface area contributed by atoms with Gasteiger partial charge in [-0.3, -0.25) is 4.79 Å². The van der Waals surface area contributed by atoms with Gasteiger partial charge in [0.2, 0.25) is 5.43 Å². The topological polar surface area (TPSA) is 30.2 Å². The predicted octanol–water partition coefficient (Wildman–Crippen LogP) is 4.33. The number of fused-ring (bicyclic) bond motifs is 2. The van der Waals surface area contributed by atoms with E-state index in [9.17, 15) is 4.79 Å². The molecule has 0 atom stereocenters. The molecule has 3 rings (SSSR count). The normalized spacial score (nSPS) is 11.0. The molecular weight excluding hydrogens is 260 g/mol. The fourth-order valence-electron chi connectivity index (χ4n) is 2.24. The maximum atomic E-state index is 12.5. The van der Waals surface area contributed by atoms with Gasteiger partial charge in [-0.15, -0.1) is 6.58 Å². The van der Waals surface area contributed by atoms with Crippen molar-refractivity contribution < 1.29 is 4.42 Å². The summed E-state index contributed by atoms with van der Waals surface area (Å²) in [5, 5.41) is 1.62. The Labute approximate surface area is 114 Å². The molecule has 2 aromatic carbocycles. The maximum absolute atomic E-state index is 12.5. The van der Waals surface area contributed by atoms with Crippen LogP contribution < -0.4 is 5.43 Å². The van der Waals surface area contributed by atoms with E-state index in [4.69, 9.17) is 16.0 Å². The van der Waals surface area contributed by atoms with Crippen LogP contribution >= 0.6 is 11.6 Å². The number of allylic oxidation sites excluding steroid dienone is 1. The number of para-hydroxylation sites is 1. The van der Waals surface area contributed by atoms with Gasteiger partial charge >= 0.3 is 0 Å². The molecule has 2 nitrogen and oxygen atoms in total. The summed E-state index contributed by atoms with van der Waals surface area (Å²) in [4.78, 5) is 12.5. The Morgan fingerprint density at radius 3 is 2.79 bits per heavy atom. The molecule has 1 aromatic heterocycles. The lowest BCUT2D eigenvalue weighted by Crippen LogP contribution is -2.03. The average molecular weight is 271 g/mol. The largest absolute Gasteiger partial charge is 0.456 e. The summed E-state index contributed by atoms with van der Waals surface area (Å²) in [5.74, 6) is 0. The summed E-state index contributed by atoms with van der Waals surface area (Å²) in [6.07, 6.45) is 2.37. The summed E-state index contributed by atoms with van der Waals surface area (Å²) >= 11 is 6.07. The van der Waals surface area contributed by atoms with Crippen LogP contribution in [0.3, 0.4) is 0 Å². The lowest BCUT2D eigenvalue weighted by atomic mass is 10.1. The second-order valence-electron chi connectivity index (χ2n) is 4.36. The zero-order valence-corrected chi connectivity index (χ0v) is 10.9. The maximum Gasteiger partial charge on any atom is 0.200 e. The fourth-order valence-corrected chi connectivity index (χ4v) is 2.49. The van der Waals surface area contributed by atoms with E-state index < -0.39 is 0 Å². The Hall–Kier alpha value is -2.06. The average Bonchev–Trinajstić information content (AvgIpc) is 2.41. The van der Waals surface area contributed by atoms with E-state index in [0.29, 0.717) is 33.4 Å². The van der Waals surface area contributed by atoms with Gasteiger partial charge in [-0.2, -0.15) is 0 Å². The van der Waals surface area contributed by atoms with E-state index in [1.807, 2.05) is 18.2 Å². The standard InChI is InChI=1S/C16H11ClO2/c1-2-5-10-8-11(17)9-13-15(18)12-6-3-4-7-14(12)19-16(10)13/h2-4,6-9H,1,5H2. The van der Waals surface area contributed by atoms with Gasteiger partial charge in [-0.05, 0) is 30.7 Å². The number of hydrogen-bond donors (Lipinski definition) is 0. The monoisotopic (exact) mass is 270 g/mol. The summed E-state index contributed by atoms with van der Waals surface area (Å²) in [6, 6.07) is 10.7. The molecule has 0 bridgehead atoms. The van der Waals surface area contributed by atoms with Crippen molar-refractivity contribution in [3.63, 3.8) is 0 Å². The molecule has 0 aliphatic carbocycles. The van der Waals surface area contributed by atoms with Gasteiger partial charge in [-0.25, -0.2) is 0 Å². The molecule has 0 aliphatic heterocycles. The Morgan fingerprint density at radius 2 is 2.00 bits per heavy atom. The van der Waals surface area contributed by atoms with Crippen molar-refractivity contribution in [1.82, 2.24) is 0 Å². The second-order valence-corrected chi connectivity index (χ2v) is 4.80. The summed E-state index contributed by atoms with van der Waals surface area (Å²) in [6.45, 7) is 3.71. The molecule has 0 saturated carbocycles. The van der Waals surface area contributed by atoms with Crippen molar-refractivity contribution in [2.24, 2.45) is 0 Å². The Kier molecular flexibility index (Phi) is 2.88. The molecule has 1 heterocycles. The van der Waals surface area contributed by atoms with E-state index in [1.54, 1.807) is 24.3 Å². The van der Waals surface area contributed by atoms with Crippen LogP contribution in [-0.4, -0.2) is 0 Å². The first-order valence-corrected chi connectivity index (χ1v) is 6.33. The predicted molar refractivity (Wildman–Crippen MR) is 78.9 cm³/mol. The molecule has 0 unspecified atom stereocenters. The molecule has 19 heavy (non-hydrogen) atoms. The Bertz CT molecular complexity index is 846. The van der Waals surface area contributed by atoms with Gasteiger partial charge in [-0.1, -0.05) is 29.8 Å². The first kappa shape index (κ1) is 12.0. The third-order valence-electron chi connectivity index (χ3n) is 3.08. The Morgan fingerprint density at radius 1 is 1.21 bits per heavy atom. The summed E-state index contributed by atoms with van der Waals surface area (Å²) in [5.41, 5.74) is 2.01. The highest BCUT2D eigenvalue weighted by atomic mass is 35.5. The van der Waals surface area contributed by atoms with Crippen LogP contribution in [0.1, 0.15) is 5.56 Å². The molecule has 0 fully saturated rings. The van der Waals surface area contributed by atoms with Crippen LogP contribution in [-0.2, 0) is 6.42 Å². The van der Waals surface area contributed by atoms with Crippen molar-refractivity contribution in [1.29, 1.82) is 0 Å². The Balaban J connectivity index is 2.53. The molecule has 0 N–H and O–H groups in total. The van der Waals surface area contributed by atoms with Crippen molar-refractivity contribution in [3.05, 3.63) is 69.9 Å². The van der Waals surface area contributed by atoms with Crippen molar-refractivity contribution in [3.8, 4) is 0 Å². The molecule has 3 heteroatoms. The highest BCUT2D eigenvalue weighted by Gasteiger charge is 2.11. The molecule has 3 aromatic rings. The molecule has 0 radical (unpaired) electrons. The van der Waals surface area contributed by atoms with Crippen LogP contribution in [0.2, 0.25) is 5.02 Å². The van der Waals surface area contributed by atoms with Gasteiger partial charge < -0.3 is 4.42 Å². The van der Waals surface area contributed by atoms with Gasteiger partial charge in [0.15, 0.2) is 0 Å². The van der Waals surface area contributed by atoms with E-state index in [1.165, 1.54) is 0 Å². The highest BCUT2D eigenvalue weighted by molar-refractivity contribution is 6.31. The fraction of sp³-hybridized carbons (Fsp3) is 0.0625. The van der Waals surface area contributed by atoms with Gasteiger partial charge in [0.1, 0.15) is 11.2 Å². The quantitative estimate of drug-likeness (QED) is 0.512. The van der Waals surface area contributed by atoms with Crippen LogP contribution in [0.25, 0.3) is 21.9 Å². The SMILES string of the molecule is C=CCc1cc(Cl)cc2c(=O)c3ccccc3oc12. The van der Waals surface area contributed by atoms with E-state index in [0.717, 1.165) is 5.56 Å². The van der Waals surface area contributed by atoms with E-state index in [-0.39, 0.29) is 5.43 Å². The zero-order chi connectivity index (χ0) is 13.4. The summed E-state index contributed by atoms with van der Waals surface area (Å²) < 4.78 is 5.86. The van der Waals surface area contributed by atoms with Crippen LogP contribution in [0.5, 0.6) is 0 Å². The minimum Gasteiger partial charge on any atom is -0.456 e. The number of hydrogen-bond acceptors (Lipinski definition) is 2. The van der Waals surface area contributed by atoms with Gasteiger partial charge in [0, 0.05) is 10.6 Å². The lowest BCUT2D eigenvalue weighted by Gasteiger charge is -2.06. The second kappa shape index (κ2) is 4.56. The minimum atomic E-state index is -0.0512. The van der Waals surface area contributed by atoms with Crippen molar-refractivity contribution >= 4 is 33.5 Å². The molecule has 94 valence electrons. The smallest absolute Gasteiger partial charge is 0.200 e.